The summed E-state index contributed by atoms with van der Waals surface area (Å²) in [6, 6.07) is 3.40. The summed E-state index contributed by atoms with van der Waals surface area (Å²) in [5.41, 5.74) is 0. The van der Waals surface area contributed by atoms with E-state index in [0.717, 1.165) is 19.3 Å². The normalized spacial score (nSPS) is 12.1. The molecule has 0 bridgehead atoms. The van der Waals surface area contributed by atoms with Gasteiger partial charge >= 0.3 is 5.97 Å². The lowest BCUT2D eigenvalue weighted by Gasteiger charge is -2.15. The monoisotopic (exact) mass is 281 g/mol. The SMILES string of the molecule is CCCC(CCNC(=O)c1ccc(C)o1)CCC(=O)O. The first kappa shape index (κ1) is 16.3. The largest absolute Gasteiger partial charge is 0.481 e. The Morgan fingerprint density at radius 2 is 2.05 bits per heavy atom. The van der Waals surface area contributed by atoms with Gasteiger partial charge in [0.15, 0.2) is 5.76 Å². The summed E-state index contributed by atoms with van der Waals surface area (Å²) in [5, 5.41) is 11.5. The highest BCUT2D eigenvalue weighted by molar-refractivity contribution is 5.91. The van der Waals surface area contributed by atoms with E-state index in [4.69, 9.17) is 9.52 Å². The molecule has 1 amide bonds. The average molecular weight is 281 g/mol. The van der Waals surface area contributed by atoms with E-state index in [1.54, 1.807) is 19.1 Å². The van der Waals surface area contributed by atoms with Gasteiger partial charge in [-0.2, -0.15) is 0 Å². The zero-order valence-electron chi connectivity index (χ0n) is 12.1. The number of aryl methyl sites for hydroxylation is 1. The van der Waals surface area contributed by atoms with E-state index in [9.17, 15) is 9.59 Å². The summed E-state index contributed by atoms with van der Waals surface area (Å²) in [4.78, 5) is 22.4. The third kappa shape index (κ3) is 5.91. The Balaban J connectivity index is 2.32. The number of nitrogens with one attached hydrogen (secondary N) is 1. The molecule has 0 radical (unpaired) electrons. The number of rotatable bonds is 9. The highest BCUT2D eigenvalue weighted by Crippen LogP contribution is 2.17. The van der Waals surface area contributed by atoms with Crippen molar-refractivity contribution in [3.63, 3.8) is 0 Å². The van der Waals surface area contributed by atoms with Crippen molar-refractivity contribution >= 4 is 11.9 Å². The highest BCUT2D eigenvalue weighted by Gasteiger charge is 2.13. The zero-order chi connectivity index (χ0) is 15.0. The molecule has 1 aromatic heterocycles. The van der Waals surface area contributed by atoms with Gasteiger partial charge in [-0.15, -0.1) is 0 Å². The number of hydrogen-bond donors (Lipinski definition) is 2. The molecular formula is C15H23NO4. The predicted molar refractivity (Wildman–Crippen MR) is 75.7 cm³/mol. The molecule has 1 atom stereocenters. The van der Waals surface area contributed by atoms with Crippen LogP contribution in [0.3, 0.4) is 0 Å². The second kappa shape index (κ2) is 8.40. The maximum absolute atomic E-state index is 11.8. The van der Waals surface area contributed by atoms with Crippen molar-refractivity contribution in [3.8, 4) is 0 Å². The standard InChI is InChI=1S/C15H23NO4/c1-3-4-12(6-8-14(17)18)9-10-16-15(19)13-7-5-11(2)20-13/h5,7,12H,3-4,6,8-10H2,1-2H3,(H,16,19)(H,17,18). The van der Waals surface area contributed by atoms with Crippen LogP contribution in [0.25, 0.3) is 0 Å². The molecule has 0 aliphatic heterocycles. The molecule has 0 aromatic carbocycles. The summed E-state index contributed by atoms with van der Waals surface area (Å²) >= 11 is 0. The minimum atomic E-state index is -0.763. The molecule has 0 saturated carbocycles. The van der Waals surface area contributed by atoms with E-state index in [1.165, 1.54) is 0 Å². The van der Waals surface area contributed by atoms with Crippen LogP contribution in [0.5, 0.6) is 0 Å². The van der Waals surface area contributed by atoms with E-state index in [2.05, 4.69) is 12.2 Å². The summed E-state index contributed by atoms with van der Waals surface area (Å²) in [6.45, 7) is 4.42. The van der Waals surface area contributed by atoms with Gasteiger partial charge in [0.05, 0.1) is 0 Å². The zero-order valence-corrected chi connectivity index (χ0v) is 12.1. The van der Waals surface area contributed by atoms with Crippen LogP contribution in [0, 0.1) is 12.8 Å². The Hall–Kier alpha value is -1.78. The quantitative estimate of drug-likeness (QED) is 0.729. The van der Waals surface area contributed by atoms with Crippen molar-refractivity contribution in [1.29, 1.82) is 0 Å². The Labute approximate surface area is 119 Å². The lowest BCUT2D eigenvalue weighted by atomic mass is 9.94. The van der Waals surface area contributed by atoms with Crippen molar-refractivity contribution in [3.05, 3.63) is 23.7 Å². The third-order valence-corrected chi connectivity index (χ3v) is 3.27. The van der Waals surface area contributed by atoms with Crippen molar-refractivity contribution in [2.24, 2.45) is 5.92 Å². The van der Waals surface area contributed by atoms with E-state index in [-0.39, 0.29) is 12.3 Å². The molecule has 20 heavy (non-hydrogen) atoms. The number of hydrogen-bond acceptors (Lipinski definition) is 3. The minimum absolute atomic E-state index is 0.190. The van der Waals surface area contributed by atoms with Crippen LogP contribution in [-0.2, 0) is 4.79 Å². The van der Waals surface area contributed by atoms with Crippen LogP contribution in [0.4, 0.5) is 0 Å². The molecule has 0 aliphatic carbocycles. The summed E-state index contributed by atoms with van der Waals surface area (Å²) in [5.74, 6) is 0.392. The van der Waals surface area contributed by atoms with Gasteiger partial charge in [-0.25, -0.2) is 0 Å². The van der Waals surface area contributed by atoms with Gasteiger partial charge in [-0.05, 0) is 37.8 Å². The molecule has 0 fully saturated rings. The topological polar surface area (TPSA) is 79.5 Å². The highest BCUT2D eigenvalue weighted by atomic mass is 16.4. The van der Waals surface area contributed by atoms with E-state index in [1.807, 2.05) is 0 Å². The van der Waals surface area contributed by atoms with Gasteiger partial charge in [-0.1, -0.05) is 19.8 Å². The molecule has 1 aromatic rings. The van der Waals surface area contributed by atoms with Gasteiger partial charge in [0.25, 0.3) is 5.91 Å². The number of carboxylic acids is 1. The van der Waals surface area contributed by atoms with Crippen LogP contribution in [0.15, 0.2) is 16.5 Å². The van der Waals surface area contributed by atoms with Gasteiger partial charge < -0.3 is 14.8 Å². The molecule has 5 heteroatoms. The number of amides is 1. The Morgan fingerprint density at radius 3 is 2.60 bits per heavy atom. The molecule has 0 saturated heterocycles. The van der Waals surface area contributed by atoms with E-state index in [0.29, 0.717) is 30.4 Å². The summed E-state index contributed by atoms with van der Waals surface area (Å²) in [6.07, 6.45) is 3.67. The Morgan fingerprint density at radius 1 is 1.30 bits per heavy atom. The van der Waals surface area contributed by atoms with Crippen molar-refractivity contribution < 1.29 is 19.1 Å². The fourth-order valence-corrected chi connectivity index (χ4v) is 2.20. The van der Waals surface area contributed by atoms with Gasteiger partial charge in [0.1, 0.15) is 5.76 Å². The number of furan rings is 1. The Kier molecular flexibility index (Phi) is 6.84. The first-order valence-electron chi connectivity index (χ1n) is 7.09. The van der Waals surface area contributed by atoms with Gasteiger partial charge in [0.2, 0.25) is 0 Å². The fraction of sp³-hybridized carbons (Fsp3) is 0.600. The van der Waals surface area contributed by atoms with Crippen LogP contribution >= 0.6 is 0 Å². The van der Waals surface area contributed by atoms with E-state index >= 15 is 0 Å². The molecular weight excluding hydrogens is 258 g/mol. The molecule has 5 nitrogen and oxygen atoms in total. The van der Waals surface area contributed by atoms with Gasteiger partial charge in [-0.3, -0.25) is 9.59 Å². The van der Waals surface area contributed by atoms with Crippen molar-refractivity contribution in [2.75, 3.05) is 6.54 Å². The molecule has 0 aliphatic rings. The first-order valence-corrected chi connectivity index (χ1v) is 7.09. The fourth-order valence-electron chi connectivity index (χ4n) is 2.20. The summed E-state index contributed by atoms with van der Waals surface area (Å²) in [7, 11) is 0. The second-order valence-electron chi connectivity index (χ2n) is 5.04. The van der Waals surface area contributed by atoms with Crippen LogP contribution < -0.4 is 5.32 Å². The summed E-state index contributed by atoms with van der Waals surface area (Å²) < 4.78 is 5.24. The van der Waals surface area contributed by atoms with Crippen molar-refractivity contribution in [2.45, 2.75) is 46.0 Å². The maximum atomic E-state index is 11.8. The molecule has 2 N–H and O–H groups in total. The second-order valence-corrected chi connectivity index (χ2v) is 5.04. The molecule has 1 unspecified atom stereocenters. The number of carbonyl (C=O) groups is 2. The van der Waals surface area contributed by atoms with Gasteiger partial charge in [0, 0.05) is 13.0 Å². The molecule has 1 heterocycles. The lowest BCUT2D eigenvalue weighted by molar-refractivity contribution is -0.137. The third-order valence-electron chi connectivity index (χ3n) is 3.27. The number of carboxylic acid groups (broad SMARTS) is 1. The predicted octanol–water partition coefficient (Wildman–Crippen LogP) is 2.99. The smallest absolute Gasteiger partial charge is 0.303 e. The average Bonchev–Trinajstić information content (AvgIpc) is 2.82. The van der Waals surface area contributed by atoms with E-state index < -0.39 is 5.97 Å². The molecule has 112 valence electrons. The first-order chi connectivity index (χ1) is 9.52. The molecule has 0 spiro atoms. The van der Waals surface area contributed by atoms with Crippen LogP contribution in [0.1, 0.15) is 55.3 Å². The van der Waals surface area contributed by atoms with Crippen molar-refractivity contribution in [1.82, 2.24) is 5.32 Å². The molecule has 1 rings (SSSR count). The van der Waals surface area contributed by atoms with Crippen LogP contribution in [0.2, 0.25) is 0 Å². The number of carbonyl (C=O) groups excluding carboxylic acids is 1. The maximum Gasteiger partial charge on any atom is 0.303 e. The number of aliphatic carboxylic acids is 1. The Bertz CT molecular complexity index is 439. The van der Waals surface area contributed by atoms with Crippen LogP contribution in [-0.4, -0.2) is 23.5 Å². The minimum Gasteiger partial charge on any atom is -0.481 e. The lowest BCUT2D eigenvalue weighted by Crippen LogP contribution is -2.25.